The molecule has 3 aromatic carbocycles. The van der Waals surface area contributed by atoms with Crippen LogP contribution in [0.25, 0.3) is 11.0 Å². The fourth-order valence-corrected chi connectivity index (χ4v) is 3.92. The molecule has 0 bridgehead atoms. The number of imide groups is 1. The summed E-state index contributed by atoms with van der Waals surface area (Å²) in [7, 11) is 0. The second-order valence-electron chi connectivity index (χ2n) is 7.19. The summed E-state index contributed by atoms with van der Waals surface area (Å²) in [6.45, 7) is 1.78. The molecule has 0 spiro atoms. The minimum atomic E-state index is -0.440. The van der Waals surface area contributed by atoms with E-state index in [0.29, 0.717) is 38.7 Å². The molecule has 3 amide bonds. The van der Waals surface area contributed by atoms with E-state index in [1.807, 2.05) is 0 Å². The predicted octanol–water partition coefficient (Wildman–Crippen LogP) is 5.45. The number of furan rings is 1. The smallest absolute Gasteiger partial charge is 0.291 e. The first kappa shape index (κ1) is 19.1. The van der Waals surface area contributed by atoms with Gasteiger partial charge in [-0.2, -0.15) is 0 Å². The first-order valence-electron chi connectivity index (χ1n) is 9.52. The molecule has 1 aliphatic heterocycles. The van der Waals surface area contributed by atoms with Gasteiger partial charge < -0.3 is 9.73 Å². The number of nitrogens with zero attached hydrogens (tertiary/aromatic N) is 1. The summed E-state index contributed by atoms with van der Waals surface area (Å²) >= 11 is 6.04. The zero-order chi connectivity index (χ0) is 21.7. The Balaban J connectivity index is 1.44. The number of nitrogens with one attached hydrogen (secondary N) is 1. The fraction of sp³-hybridized carbons (Fsp3) is 0.0417. The van der Waals surface area contributed by atoms with Gasteiger partial charge >= 0.3 is 0 Å². The highest BCUT2D eigenvalue weighted by Gasteiger charge is 2.36. The standard InChI is InChI=1S/C24H15ClN2O4/c1-13-19-11-14(25)9-10-20(19)31-21(13)22(28)26-15-5-4-6-16(12-15)27-23(29)17-7-2-3-8-18(17)24(27)30/h2-12H,1H3,(H,26,28). The van der Waals surface area contributed by atoms with Crippen molar-refractivity contribution in [2.45, 2.75) is 6.92 Å². The van der Waals surface area contributed by atoms with Gasteiger partial charge in [-0.25, -0.2) is 4.90 Å². The molecule has 0 radical (unpaired) electrons. The summed E-state index contributed by atoms with van der Waals surface area (Å²) in [5.41, 5.74) is 2.75. The molecule has 7 heteroatoms. The molecule has 4 aromatic rings. The number of hydrogen-bond donors (Lipinski definition) is 1. The SMILES string of the molecule is Cc1c(C(=O)Nc2cccc(N3C(=O)c4ccccc4C3=O)c2)oc2ccc(Cl)cc12. The first-order valence-corrected chi connectivity index (χ1v) is 9.90. The lowest BCUT2D eigenvalue weighted by Gasteiger charge is -2.15. The van der Waals surface area contributed by atoms with Crippen molar-refractivity contribution in [3.8, 4) is 0 Å². The van der Waals surface area contributed by atoms with Crippen molar-refractivity contribution in [3.05, 3.63) is 94.2 Å². The van der Waals surface area contributed by atoms with E-state index in [-0.39, 0.29) is 5.76 Å². The highest BCUT2D eigenvalue weighted by molar-refractivity contribution is 6.34. The first-order chi connectivity index (χ1) is 14.9. The van der Waals surface area contributed by atoms with Gasteiger partial charge in [0, 0.05) is 21.7 Å². The van der Waals surface area contributed by atoms with E-state index in [1.54, 1.807) is 73.7 Å². The largest absolute Gasteiger partial charge is 0.451 e. The van der Waals surface area contributed by atoms with E-state index < -0.39 is 17.7 Å². The zero-order valence-corrected chi connectivity index (χ0v) is 17.1. The Hall–Kier alpha value is -3.90. The topological polar surface area (TPSA) is 79.6 Å². The molecule has 1 aliphatic rings. The number of fused-ring (bicyclic) bond motifs is 2. The van der Waals surface area contributed by atoms with Crippen LogP contribution < -0.4 is 10.2 Å². The number of aryl methyl sites for hydroxylation is 1. The van der Waals surface area contributed by atoms with Crippen molar-refractivity contribution in [1.29, 1.82) is 0 Å². The van der Waals surface area contributed by atoms with Gasteiger partial charge in [-0.3, -0.25) is 14.4 Å². The number of rotatable bonds is 3. The van der Waals surface area contributed by atoms with Crippen LogP contribution in [0.1, 0.15) is 36.8 Å². The normalized spacial score (nSPS) is 13.0. The van der Waals surface area contributed by atoms with E-state index in [9.17, 15) is 14.4 Å². The van der Waals surface area contributed by atoms with Crippen LogP contribution in [0.15, 0.2) is 71.1 Å². The summed E-state index contributed by atoms with van der Waals surface area (Å²) in [4.78, 5) is 39.4. The van der Waals surface area contributed by atoms with E-state index in [4.69, 9.17) is 16.0 Å². The molecule has 0 atom stereocenters. The Labute approximate surface area is 182 Å². The van der Waals surface area contributed by atoms with Crippen LogP contribution >= 0.6 is 11.6 Å². The van der Waals surface area contributed by atoms with Gasteiger partial charge in [0.05, 0.1) is 16.8 Å². The summed E-state index contributed by atoms with van der Waals surface area (Å²) < 4.78 is 5.70. The Morgan fingerprint density at radius 2 is 1.65 bits per heavy atom. The third-order valence-corrected chi connectivity index (χ3v) is 5.50. The molecule has 31 heavy (non-hydrogen) atoms. The molecule has 1 aromatic heterocycles. The Kier molecular flexibility index (Phi) is 4.38. The zero-order valence-electron chi connectivity index (χ0n) is 16.3. The van der Waals surface area contributed by atoms with Crippen molar-refractivity contribution in [3.63, 3.8) is 0 Å². The Morgan fingerprint density at radius 1 is 0.935 bits per heavy atom. The van der Waals surface area contributed by atoms with Gasteiger partial charge in [0.25, 0.3) is 17.7 Å². The summed E-state index contributed by atoms with van der Waals surface area (Å²) in [6, 6.07) is 18.4. The van der Waals surface area contributed by atoms with Crippen LogP contribution in [-0.2, 0) is 0 Å². The maximum absolute atomic E-state index is 12.8. The van der Waals surface area contributed by atoms with Gasteiger partial charge in [-0.05, 0) is 55.5 Å². The van der Waals surface area contributed by atoms with Crippen LogP contribution in [0, 0.1) is 6.92 Å². The van der Waals surface area contributed by atoms with Crippen molar-refractivity contribution >= 4 is 51.7 Å². The van der Waals surface area contributed by atoms with Crippen LogP contribution in [0.2, 0.25) is 5.02 Å². The number of carbonyl (C=O) groups excluding carboxylic acids is 3. The third kappa shape index (κ3) is 3.08. The number of halogens is 1. The molecule has 2 heterocycles. The lowest BCUT2D eigenvalue weighted by atomic mass is 10.1. The van der Waals surface area contributed by atoms with Crippen molar-refractivity contribution < 1.29 is 18.8 Å². The lowest BCUT2D eigenvalue weighted by Crippen LogP contribution is -2.29. The molecular weight excluding hydrogens is 416 g/mol. The Bertz CT molecular complexity index is 1370. The average molecular weight is 431 g/mol. The van der Waals surface area contributed by atoms with E-state index in [1.165, 1.54) is 0 Å². The summed E-state index contributed by atoms with van der Waals surface area (Å²) in [6.07, 6.45) is 0. The van der Waals surface area contributed by atoms with Gasteiger partial charge in [-0.15, -0.1) is 0 Å². The molecule has 1 N–H and O–H groups in total. The number of benzene rings is 3. The van der Waals surface area contributed by atoms with Gasteiger partial charge in [-0.1, -0.05) is 29.8 Å². The predicted molar refractivity (Wildman–Crippen MR) is 118 cm³/mol. The molecular formula is C24H15ClN2O4. The van der Waals surface area contributed by atoms with E-state index >= 15 is 0 Å². The van der Waals surface area contributed by atoms with Gasteiger partial charge in [0.2, 0.25) is 0 Å². The highest BCUT2D eigenvalue weighted by atomic mass is 35.5. The van der Waals surface area contributed by atoms with E-state index in [0.717, 1.165) is 10.3 Å². The minimum absolute atomic E-state index is 0.170. The number of anilines is 2. The lowest BCUT2D eigenvalue weighted by molar-refractivity contribution is 0.0925. The minimum Gasteiger partial charge on any atom is -0.451 e. The average Bonchev–Trinajstić information content (AvgIpc) is 3.22. The van der Waals surface area contributed by atoms with Crippen LogP contribution in [0.4, 0.5) is 11.4 Å². The number of amides is 3. The number of carbonyl (C=O) groups is 3. The molecule has 0 unspecified atom stereocenters. The number of hydrogen-bond acceptors (Lipinski definition) is 4. The van der Waals surface area contributed by atoms with Crippen LogP contribution in [0.5, 0.6) is 0 Å². The van der Waals surface area contributed by atoms with Crippen molar-refractivity contribution in [2.24, 2.45) is 0 Å². The maximum Gasteiger partial charge on any atom is 0.291 e. The molecule has 152 valence electrons. The molecule has 0 fully saturated rings. The van der Waals surface area contributed by atoms with Crippen LogP contribution in [-0.4, -0.2) is 17.7 Å². The fourth-order valence-electron chi connectivity index (χ4n) is 3.74. The van der Waals surface area contributed by atoms with Crippen molar-refractivity contribution in [1.82, 2.24) is 0 Å². The van der Waals surface area contributed by atoms with Gasteiger partial charge in [0.1, 0.15) is 5.58 Å². The molecule has 0 saturated heterocycles. The van der Waals surface area contributed by atoms with Crippen LogP contribution in [0.3, 0.4) is 0 Å². The summed E-state index contributed by atoms with van der Waals surface area (Å²) in [5.74, 6) is -1.06. The van der Waals surface area contributed by atoms with Gasteiger partial charge in [0.15, 0.2) is 5.76 Å². The molecule has 0 saturated carbocycles. The molecule has 6 nitrogen and oxygen atoms in total. The van der Waals surface area contributed by atoms with E-state index in [2.05, 4.69) is 5.32 Å². The second-order valence-corrected chi connectivity index (χ2v) is 7.63. The monoisotopic (exact) mass is 430 g/mol. The summed E-state index contributed by atoms with van der Waals surface area (Å²) in [5, 5.41) is 4.09. The highest BCUT2D eigenvalue weighted by Crippen LogP contribution is 2.31. The molecule has 0 aliphatic carbocycles. The van der Waals surface area contributed by atoms with Crippen molar-refractivity contribution in [2.75, 3.05) is 10.2 Å². The second kappa shape index (κ2) is 7.11. The third-order valence-electron chi connectivity index (χ3n) is 5.26. The quantitative estimate of drug-likeness (QED) is 0.438. The molecule has 5 rings (SSSR count). The Morgan fingerprint density at radius 3 is 2.35 bits per heavy atom. The maximum atomic E-state index is 12.8.